The molecule has 0 saturated heterocycles. The van der Waals surface area contributed by atoms with Gasteiger partial charge in [-0.25, -0.2) is 15.0 Å². The molecule has 3 heterocycles. The Bertz CT molecular complexity index is 3130. The van der Waals surface area contributed by atoms with E-state index in [4.69, 9.17) is 21.2 Å². The van der Waals surface area contributed by atoms with Gasteiger partial charge in [0.15, 0.2) is 17.5 Å². The lowest BCUT2D eigenvalue weighted by atomic mass is 10.00. The van der Waals surface area contributed by atoms with Crippen LogP contribution < -0.4 is 0 Å². The number of hydrogen-bond acceptors (Lipinski definition) is 4. The first-order valence-electron chi connectivity index (χ1n) is 18.8. The fraction of sp³-hybridized carbons (Fsp3) is 0. The van der Waals surface area contributed by atoms with E-state index in [-0.39, 0.29) is 29.3 Å². The second-order valence-electron chi connectivity index (χ2n) is 12.1. The largest absolute Gasteiger partial charge is 0.455 e. The number of aromatic nitrogens is 4. The second kappa shape index (κ2) is 11.4. The predicted molar refractivity (Wildman–Crippen MR) is 203 cm³/mol. The van der Waals surface area contributed by atoms with Crippen LogP contribution in [0.2, 0.25) is 0 Å². The third kappa shape index (κ3) is 4.60. The molecule has 0 atom stereocenters. The minimum absolute atomic E-state index is 0.0275. The van der Waals surface area contributed by atoms with Crippen molar-refractivity contribution in [3.63, 3.8) is 0 Å². The third-order valence-electron chi connectivity index (χ3n) is 9.15. The Hall–Kier alpha value is -6.85. The van der Waals surface area contributed by atoms with E-state index in [1.807, 2.05) is 60.7 Å². The molecule has 10 aromatic rings. The predicted octanol–water partition coefficient (Wildman–Crippen LogP) is 11.5. The zero-order chi connectivity index (χ0) is 37.4. The van der Waals surface area contributed by atoms with E-state index in [0.29, 0.717) is 28.1 Å². The first-order chi connectivity index (χ1) is 26.9. The zero-order valence-corrected chi connectivity index (χ0v) is 26.5. The molecule has 7 aromatic carbocycles. The van der Waals surface area contributed by atoms with Gasteiger partial charge in [-0.2, -0.15) is 0 Å². The van der Waals surface area contributed by atoms with Crippen molar-refractivity contribution in [1.82, 2.24) is 19.5 Å². The highest BCUT2D eigenvalue weighted by atomic mass is 16.3. The Kier molecular flexibility index (Phi) is 5.35. The van der Waals surface area contributed by atoms with Crippen LogP contribution in [0, 0.1) is 0 Å². The molecular weight excluding hydrogens is 613 g/mol. The highest BCUT2D eigenvalue weighted by Crippen LogP contribution is 2.39. The molecule has 0 amide bonds. The lowest BCUT2D eigenvalue weighted by Crippen LogP contribution is -2.00. The summed E-state index contributed by atoms with van der Waals surface area (Å²) in [5.74, 6) is 0.521. The van der Waals surface area contributed by atoms with Crippen molar-refractivity contribution in [3.8, 4) is 51.0 Å². The molecule has 0 radical (unpaired) electrons. The smallest absolute Gasteiger partial charge is 0.167 e. The van der Waals surface area contributed by atoms with Crippen molar-refractivity contribution in [2.75, 3.05) is 0 Å². The van der Waals surface area contributed by atoms with Gasteiger partial charge in [0.1, 0.15) is 11.2 Å². The van der Waals surface area contributed by atoms with E-state index < -0.39 is 18.1 Å². The number of para-hydroxylation sites is 3. The van der Waals surface area contributed by atoms with Crippen LogP contribution >= 0.6 is 0 Å². The molecule has 0 bridgehead atoms. The Morgan fingerprint density at radius 3 is 1.92 bits per heavy atom. The summed E-state index contributed by atoms with van der Waals surface area (Å²) in [4.78, 5) is 14.2. The molecule has 0 saturated carbocycles. The van der Waals surface area contributed by atoms with Crippen molar-refractivity contribution in [2.45, 2.75) is 0 Å². The van der Waals surface area contributed by atoms with Crippen LogP contribution in [-0.2, 0) is 0 Å². The molecule has 0 N–H and O–H groups in total. The van der Waals surface area contributed by atoms with Gasteiger partial charge in [-0.3, -0.25) is 0 Å². The molecule has 0 spiro atoms. The molecule has 5 heteroatoms. The lowest BCUT2D eigenvalue weighted by Gasteiger charge is -2.08. The molecule has 0 aliphatic heterocycles. The van der Waals surface area contributed by atoms with E-state index in [1.165, 1.54) is 5.39 Å². The average molecular weight is 646 g/mol. The highest BCUT2D eigenvalue weighted by Gasteiger charge is 2.19. The van der Waals surface area contributed by atoms with Gasteiger partial charge in [-0.05, 0) is 59.7 Å². The molecule has 0 fully saturated rings. The van der Waals surface area contributed by atoms with Gasteiger partial charge >= 0.3 is 0 Å². The third-order valence-corrected chi connectivity index (χ3v) is 9.15. The average Bonchev–Trinajstić information content (AvgIpc) is 3.78. The minimum Gasteiger partial charge on any atom is -0.455 e. The summed E-state index contributed by atoms with van der Waals surface area (Å²) in [7, 11) is 0. The lowest BCUT2D eigenvalue weighted by molar-refractivity contribution is 0.669. The van der Waals surface area contributed by atoms with Gasteiger partial charge in [0.2, 0.25) is 0 Å². The summed E-state index contributed by atoms with van der Waals surface area (Å²) in [5.41, 5.74) is 7.92. The first-order valence-corrected chi connectivity index (χ1v) is 16.3. The van der Waals surface area contributed by atoms with Crippen LogP contribution in [0.5, 0.6) is 0 Å². The van der Waals surface area contributed by atoms with E-state index >= 15 is 0 Å². The number of benzene rings is 7. The fourth-order valence-electron chi connectivity index (χ4n) is 6.85. The van der Waals surface area contributed by atoms with Crippen molar-refractivity contribution >= 4 is 43.7 Å². The monoisotopic (exact) mass is 645 g/mol. The number of hydrogen-bond donors (Lipinski definition) is 0. The van der Waals surface area contributed by atoms with Crippen molar-refractivity contribution in [2.24, 2.45) is 0 Å². The molecule has 50 heavy (non-hydrogen) atoms. The van der Waals surface area contributed by atoms with Crippen molar-refractivity contribution < 1.29 is 11.3 Å². The van der Waals surface area contributed by atoms with Crippen LogP contribution in [0.15, 0.2) is 174 Å². The topological polar surface area (TPSA) is 56.7 Å². The van der Waals surface area contributed by atoms with Gasteiger partial charge in [0, 0.05) is 38.4 Å². The van der Waals surface area contributed by atoms with Crippen LogP contribution in [0.3, 0.4) is 0 Å². The maximum atomic E-state index is 8.65. The summed E-state index contributed by atoms with van der Waals surface area (Å²) in [6.07, 6.45) is 0. The molecule has 0 aliphatic carbocycles. The highest BCUT2D eigenvalue weighted by molar-refractivity contribution is 6.12. The maximum Gasteiger partial charge on any atom is 0.167 e. The molecule has 5 nitrogen and oxygen atoms in total. The molecular formula is C45H28N4O. The minimum atomic E-state index is -0.485. The van der Waals surface area contributed by atoms with Crippen molar-refractivity contribution in [3.05, 3.63) is 170 Å². The Morgan fingerprint density at radius 1 is 0.460 bits per heavy atom. The normalized spacial score (nSPS) is 13.0. The van der Waals surface area contributed by atoms with Gasteiger partial charge in [-0.1, -0.05) is 121 Å². The summed E-state index contributed by atoms with van der Waals surface area (Å²) in [6.45, 7) is 0. The standard InChI is InChI=1S/C45H28N4O/c1-4-13-29(14-5-1)43-46-44(30-15-6-2-7-16-30)48-45(47-43)36-21-12-20-35-38-28-32(24-26-41(38)50-42(35)36)31-23-25-40-37(27-31)34-19-10-11-22-39(34)49(40)33-17-8-3-9-18-33/h1-28H/i1D,4D,5D,13D,14D. The molecule has 0 unspecified atom stereocenters. The van der Waals surface area contributed by atoms with Crippen LogP contribution in [-0.4, -0.2) is 19.5 Å². The van der Waals surface area contributed by atoms with E-state index in [1.54, 1.807) is 0 Å². The van der Waals surface area contributed by atoms with Gasteiger partial charge in [-0.15, -0.1) is 0 Å². The summed E-state index contributed by atoms with van der Waals surface area (Å²) in [5, 5.41) is 4.12. The van der Waals surface area contributed by atoms with E-state index in [0.717, 1.165) is 44.0 Å². The summed E-state index contributed by atoms with van der Waals surface area (Å²) in [6, 6.07) is 44.6. The quantitative estimate of drug-likeness (QED) is 0.187. The number of furan rings is 1. The molecule has 10 rings (SSSR count). The Balaban J connectivity index is 1.14. The first kappa shape index (κ1) is 23.5. The van der Waals surface area contributed by atoms with Gasteiger partial charge in [0.05, 0.1) is 23.5 Å². The second-order valence-corrected chi connectivity index (χ2v) is 12.1. The zero-order valence-electron chi connectivity index (χ0n) is 31.5. The van der Waals surface area contributed by atoms with E-state index in [2.05, 4.69) is 88.4 Å². The summed E-state index contributed by atoms with van der Waals surface area (Å²) < 4.78 is 50.8. The number of rotatable bonds is 5. The molecule has 234 valence electrons. The maximum absolute atomic E-state index is 8.65. The fourth-order valence-corrected chi connectivity index (χ4v) is 6.85. The molecule has 0 aliphatic rings. The Morgan fingerprint density at radius 2 is 1.10 bits per heavy atom. The number of nitrogens with zero attached hydrogens (tertiary/aromatic N) is 4. The van der Waals surface area contributed by atoms with Crippen LogP contribution in [0.25, 0.3) is 94.7 Å². The van der Waals surface area contributed by atoms with Crippen LogP contribution in [0.1, 0.15) is 6.85 Å². The van der Waals surface area contributed by atoms with Crippen LogP contribution in [0.4, 0.5) is 0 Å². The number of fused-ring (bicyclic) bond motifs is 6. The Labute approximate surface area is 294 Å². The SMILES string of the molecule is [2H]c1c([2H])c([2H])c(-c2nc(-c3ccccc3)nc(-c3cccc4c3oc3ccc(-c5ccc6c(c5)c5ccccc5n6-c5ccccc5)cc34)n2)c([2H])c1[2H]. The van der Waals surface area contributed by atoms with Gasteiger partial charge in [0.25, 0.3) is 0 Å². The van der Waals surface area contributed by atoms with Gasteiger partial charge < -0.3 is 8.98 Å². The molecule has 3 aromatic heterocycles. The van der Waals surface area contributed by atoms with Crippen molar-refractivity contribution in [1.29, 1.82) is 0 Å². The van der Waals surface area contributed by atoms with E-state index in [9.17, 15) is 0 Å². The summed E-state index contributed by atoms with van der Waals surface area (Å²) >= 11 is 0.